The number of fused-ring (bicyclic) bond motifs is 3. The minimum atomic E-state index is -1.03. The second-order valence-electron chi connectivity index (χ2n) is 5.79. The maximum absolute atomic E-state index is 13.9. The number of benzene rings is 3. The number of Topliss-reactive ketones (excluding diaryl/α,β-unsaturated/α-hetero) is 1. The van der Waals surface area contributed by atoms with E-state index < -0.39 is 23.5 Å². The van der Waals surface area contributed by atoms with Gasteiger partial charge in [0.15, 0.2) is 5.78 Å². The molecule has 118 valence electrons. The van der Waals surface area contributed by atoms with Crippen LogP contribution in [0.2, 0.25) is 0 Å². The van der Waals surface area contributed by atoms with Crippen LogP contribution in [0.15, 0.2) is 60.7 Å². The molecule has 0 saturated heterocycles. The Labute approximate surface area is 137 Å². The molecule has 0 bridgehead atoms. The van der Waals surface area contributed by atoms with Gasteiger partial charge in [-0.3, -0.25) is 9.59 Å². The smallest absolute Gasteiger partial charge is 0.322 e. The van der Waals surface area contributed by atoms with E-state index in [1.54, 1.807) is 12.1 Å². The van der Waals surface area contributed by atoms with Crippen molar-refractivity contribution in [2.24, 2.45) is 5.92 Å². The van der Waals surface area contributed by atoms with E-state index >= 15 is 0 Å². The molecule has 1 aliphatic heterocycles. The second kappa shape index (κ2) is 5.57. The number of hydrogen-bond acceptors (Lipinski definition) is 3. The third-order valence-corrected chi connectivity index (χ3v) is 4.36. The molecular weight excluding hydrogens is 307 g/mol. The van der Waals surface area contributed by atoms with Crippen molar-refractivity contribution in [2.75, 3.05) is 0 Å². The summed E-state index contributed by atoms with van der Waals surface area (Å²) in [6, 6.07) is 17.0. The van der Waals surface area contributed by atoms with Crippen molar-refractivity contribution in [1.29, 1.82) is 0 Å². The topological polar surface area (TPSA) is 43.4 Å². The van der Waals surface area contributed by atoms with Gasteiger partial charge in [0.1, 0.15) is 17.5 Å². The van der Waals surface area contributed by atoms with Gasteiger partial charge in [-0.25, -0.2) is 4.39 Å². The summed E-state index contributed by atoms with van der Waals surface area (Å²) in [6.45, 7) is 0. The van der Waals surface area contributed by atoms with Crippen molar-refractivity contribution in [3.8, 4) is 5.75 Å². The lowest BCUT2D eigenvalue weighted by molar-refractivity contribution is -0.138. The fraction of sp³-hybridized carbons (Fsp3) is 0.100. The van der Waals surface area contributed by atoms with Crippen LogP contribution in [0.25, 0.3) is 10.8 Å². The molecule has 3 nitrogen and oxygen atoms in total. The lowest BCUT2D eigenvalue weighted by atomic mass is 9.87. The van der Waals surface area contributed by atoms with E-state index in [0.29, 0.717) is 5.75 Å². The van der Waals surface area contributed by atoms with Crippen LogP contribution in [-0.4, -0.2) is 11.8 Å². The second-order valence-corrected chi connectivity index (χ2v) is 5.79. The third-order valence-electron chi connectivity index (χ3n) is 4.36. The zero-order chi connectivity index (χ0) is 16.7. The Balaban J connectivity index is 1.78. The summed E-state index contributed by atoms with van der Waals surface area (Å²) in [6.07, 6.45) is 0.211. The van der Waals surface area contributed by atoms with Gasteiger partial charge in [-0.15, -0.1) is 0 Å². The van der Waals surface area contributed by atoms with Crippen molar-refractivity contribution < 1.29 is 18.7 Å². The standard InChI is InChI=1S/C20H13FO3/c21-17-8-4-3-7-14(17)19(22)16-11-15-13-6-2-1-5-12(13)9-10-18(15)24-20(16)23/h1-10,16H,11H2. The molecule has 0 spiro atoms. The molecule has 3 aromatic rings. The summed E-state index contributed by atoms with van der Waals surface area (Å²) in [4.78, 5) is 24.9. The van der Waals surface area contributed by atoms with Crippen molar-refractivity contribution in [3.05, 3.63) is 77.6 Å². The molecular formula is C20H13FO3. The average molecular weight is 320 g/mol. The molecule has 0 N–H and O–H groups in total. The minimum Gasteiger partial charge on any atom is -0.426 e. The average Bonchev–Trinajstić information content (AvgIpc) is 2.61. The van der Waals surface area contributed by atoms with Crippen LogP contribution in [0.4, 0.5) is 4.39 Å². The van der Waals surface area contributed by atoms with Gasteiger partial charge in [-0.1, -0.05) is 42.5 Å². The lowest BCUT2D eigenvalue weighted by Crippen LogP contribution is -2.34. The van der Waals surface area contributed by atoms with E-state index in [1.165, 1.54) is 18.2 Å². The fourth-order valence-corrected chi connectivity index (χ4v) is 3.14. The van der Waals surface area contributed by atoms with Crippen LogP contribution in [-0.2, 0) is 11.2 Å². The first-order chi connectivity index (χ1) is 11.6. The van der Waals surface area contributed by atoms with E-state index in [2.05, 4.69) is 0 Å². The van der Waals surface area contributed by atoms with Crippen LogP contribution in [0, 0.1) is 11.7 Å². The highest BCUT2D eigenvalue weighted by atomic mass is 19.1. The first kappa shape index (κ1) is 14.6. The lowest BCUT2D eigenvalue weighted by Gasteiger charge is -2.24. The number of ether oxygens (including phenoxy) is 1. The number of hydrogen-bond donors (Lipinski definition) is 0. The van der Waals surface area contributed by atoms with Crippen molar-refractivity contribution in [1.82, 2.24) is 0 Å². The van der Waals surface area contributed by atoms with Crippen LogP contribution < -0.4 is 4.74 Å². The molecule has 24 heavy (non-hydrogen) atoms. The monoisotopic (exact) mass is 320 g/mol. The molecule has 1 aliphatic rings. The summed E-state index contributed by atoms with van der Waals surface area (Å²) in [5.74, 6) is -2.36. The van der Waals surface area contributed by atoms with Gasteiger partial charge in [0.2, 0.25) is 0 Å². The molecule has 0 saturated carbocycles. The molecule has 1 atom stereocenters. The predicted molar refractivity (Wildman–Crippen MR) is 87.5 cm³/mol. The van der Waals surface area contributed by atoms with Crippen LogP contribution in [0.1, 0.15) is 15.9 Å². The summed E-state index contributed by atoms with van der Waals surface area (Å²) < 4.78 is 19.3. The van der Waals surface area contributed by atoms with E-state index in [9.17, 15) is 14.0 Å². The van der Waals surface area contributed by atoms with Crippen LogP contribution in [0.3, 0.4) is 0 Å². The summed E-state index contributed by atoms with van der Waals surface area (Å²) in [5, 5.41) is 1.94. The van der Waals surface area contributed by atoms with E-state index in [4.69, 9.17) is 4.74 Å². The number of esters is 1. The van der Waals surface area contributed by atoms with Crippen molar-refractivity contribution in [3.63, 3.8) is 0 Å². The Bertz CT molecular complexity index is 978. The maximum atomic E-state index is 13.9. The highest BCUT2D eigenvalue weighted by Gasteiger charge is 2.36. The van der Waals surface area contributed by atoms with E-state index in [1.807, 2.05) is 30.3 Å². The SMILES string of the molecule is O=C1Oc2ccc3ccccc3c2CC1C(=O)c1ccccc1F. The van der Waals surface area contributed by atoms with Gasteiger partial charge in [0, 0.05) is 5.56 Å². The molecule has 4 heteroatoms. The van der Waals surface area contributed by atoms with Gasteiger partial charge in [0.05, 0.1) is 5.56 Å². The van der Waals surface area contributed by atoms with Crippen molar-refractivity contribution >= 4 is 22.5 Å². The van der Waals surface area contributed by atoms with Crippen LogP contribution >= 0.6 is 0 Å². The highest BCUT2D eigenvalue weighted by molar-refractivity contribution is 6.10. The molecule has 3 aromatic carbocycles. The summed E-state index contributed by atoms with van der Waals surface area (Å²) >= 11 is 0. The Hall–Kier alpha value is -3.01. The van der Waals surface area contributed by atoms with Gasteiger partial charge in [0.25, 0.3) is 0 Å². The minimum absolute atomic E-state index is 0.0804. The number of rotatable bonds is 2. The summed E-state index contributed by atoms with van der Waals surface area (Å²) in [7, 11) is 0. The zero-order valence-electron chi connectivity index (χ0n) is 12.7. The Morgan fingerprint density at radius 2 is 1.75 bits per heavy atom. The normalized spacial score (nSPS) is 16.5. The predicted octanol–water partition coefficient (Wildman–Crippen LogP) is 3.94. The van der Waals surface area contributed by atoms with Gasteiger partial charge in [-0.2, -0.15) is 0 Å². The first-order valence-corrected chi connectivity index (χ1v) is 7.66. The quantitative estimate of drug-likeness (QED) is 0.311. The fourth-order valence-electron chi connectivity index (χ4n) is 3.14. The molecule has 1 unspecified atom stereocenters. The molecule has 0 fully saturated rings. The van der Waals surface area contributed by atoms with Crippen molar-refractivity contribution in [2.45, 2.75) is 6.42 Å². The number of carbonyl (C=O) groups is 2. The maximum Gasteiger partial charge on any atom is 0.322 e. The van der Waals surface area contributed by atoms with Crippen LogP contribution in [0.5, 0.6) is 5.75 Å². The number of carbonyl (C=O) groups excluding carboxylic acids is 2. The largest absolute Gasteiger partial charge is 0.426 e. The Kier molecular flexibility index (Phi) is 3.38. The van der Waals surface area contributed by atoms with Gasteiger partial charge >= 0.3 is 5.97 Å². The first-order valence-electron chi connectivity index (χ1n) is 7.66. The molecule has 0 aromatic heterocycles. The van der Waals surface area contributed by atoms with E-state index in [-0.39, 0.29) is 12.0 Å². The molecule has 0 aliphatic carbocycles. The Morgan fingerprint density at radius 3 is 2.58 bits per heavy atom. The molecule has 4 rings (SSSR count). The van der Waals surface area contributed by atoms with Gasteiger partial charge < -0.3 is 4.74 Å². The number of halogens is 1. The molecule has 0 amide bonds. The zero-order valence-corrected chi connectivity index (χ0v) is 12.7. The number of ketones is 1. The highest BCUT2D eigenvalue weighted by Crippen LogP contribution is 2.35. The molecule has 0 radical (unpaired) electrons. The molecule has 1 heterocycles. The summed E-state index contributed by atoms with van der Waals surface area (Å²) in [5.41, 5.74) is 0.727. The van der Waals surface area contributed by atoms with Gasteiger partial charge in [-0.05, 0) is 35.4 Å². The Morgan fingerprint density at radius 1 is 1.00 bits per heavy atom. The van der Waals surface area contributed by atoms with E-state index in [0.717, 1.165) is 16.3 Å². The third kappa shape index (κ3) is 2.27.